The molecule has 3 aromatic rings. The van der Waals surface area contributed by atoms with Crippen LogP contribution in [0.15, 0.2) is 65.6 Å². The van der Waals surface area contributed by atoms with Crippen molar-refractivity contribution in [3.05, 3.63) is 77.9 Å². The molecule has 112 valence electrons. The fourth-order valence-electron chi connectivity index (χ4n) is 2.09. The van der Waals surface area contributed by atoms with Gasteiger partial charge in [0, 0.05) is 23.9 Å². The van der Waals surface area contributed by atoms with Crippen LogP contribution in [0.5, 0.6) is 0 Å². The molecule has 23 heavy (non-hydrogen) atoms. The van der Waals surface area contributed by atoms with E-state index in [0.717, 1.165) is 16.8 Å². The van der Waals surface area contributed by atoms with Crippen LogP contribution in [0.2, 0.25) is 0 Å². The van der Waals surface area contributed by atoms with E-state index in [1.807, 2.05) is 24.3 Å². The summed E-state index contributed by atoms with van der Waals surface area (Å²) < 4.78 is 5.03. The molecular weight excluding hydrogens is 290 g/mol. The molecule has 0 atom stereocenters. The standard InChI is InChI=1S/C18H13N3O2/c19-9-13-1-4-15(5-2-13)18(22)21-11-14-3-6-17(20-10-14)16-7-8-23-12-16/h1-8,10,12H,11H2,(H,21,22). The number of nitrogens with one attached hydrogen (secondary N) is 1. The van der Waals surface area contributed by atoms with Crippen molar-refractivity contribution in [1.82, 2.24) is 10.3 Å². The van der Waals surface area contributed by atoms with Gasteiger partial charge in [0.1, 0.15) is 0 Å². The lowest BCUT2D eigenvalue weighted by Crippen LogP contribution is -2.22. The molecule has 5 nitrogen and oxygen atoms in total. The molecule has 3 rings (SSSR count). The summed E-state index contributed by atoms with van der Waals surface area (Å²) in [5.41, 5.74) is 3.69. The van der Waals surface area contributed by atoms with Crippen LogP contribution < -0.4 is 5.32 Å². The maximum absolute atomic E-state index is 12.0. The highest BCUT2D eigenvalue weighted by molar-refractivity contribution is 5.94. The summed E-state index contributed by atoms with van der Waals surface area (Å²) in [5.74, 6) is -0.187. The number of hydrogen-bond donors (Lipinski definition) is 1. The number of rotatable bonds is 4. The van der Waals surface area contributed by atoms with Crippen molar-refractivity contribution in [3.63, 3.8) is 0 Å². The number of aromatic nitrogens is 1. The molecule has 0 saturated carbocycles. The average Bonchev–Trinajstić information content (AvgIpc) is 3.15. The van der Waals surface area contributed by atoms with E-state index >= 15 is 0 Å². The summed E-state index contributed by atoms with van der Waals surface area (Å²) >= 11 is 0. The Morgan fingerprint density at radius 3 is 2.61 bits per heavy atom. The number of pyridine rings is 1. The van der Waals surface area contributed by atoms with Crippen molar-refractivity contribution in [2.24, 2.45) is 0 Å². The van der Waals surface area contributed by atoms with Crippen molar-refractivity contribution in [1.29, 1.82) is 5.26 Å². The first kappa shape index (κ1) is 14.5. The number of hydrogen-bond acceptors (Lipinski definition) is 4. The first-order valence-electron chi connectivity index (χ1n) is 7.02. The van der Waals surface area contributed by atoms with E-state index in [4.69, 9.17) is 9.68 Å². The third-order valence-electron chi connectivity index (χ3n) is 3.37. The van der Waals surface area contributed by atoms with Gasteiger partial charge in [0.2, 0.25) is 0 Å². The van der Waals surface area contributed by atoms with Gasteiger partial charge in [0.25, 0.3) is 5.91 Å². The predicted octanol–water partition coefficient (Wildman–Crippen LogP) is 3.14. The molecular formula is C18H13N3O2. The zero-order valence-electron chi connectivity index (χ0n) is 12.2. The number of carbonyl (C=O) groups excluding carboxylic acids is 1. The van der Waals surface area contributed by atoms with Crippen LogP contribution in [0.25, 0.3) is 11.3 Å². The van der Waals surface area contributed by atoms with Gasteiger partial charge in [0.05, 0.1) is 29.9 Å². The maximum Gasteiger partial charge on any atom is 0.251 e. The monoisotopic (exact) mass is 303 g/mol. The topological polar surface area (TPSA) is 78.9 Å². The van der Waals surface area contributed by atoms with Crippen LogP contribution in [-0.2, 0) is 6.54 Å². The normalized spacial score (nSPS) is 10.0. The van der Waals surface area contributed by atoms with Crippen LogP contribution in [0.4, 0.5) is 0 Å². The second-order valence-corrected chi connectivity index (χ2v) is 4.94. The fourth-order valence-corrected chi connectivity index (χ4v) is 2.09. The summed E-state index contributed by atoms with van der Waals surface area (Å²) in [6.45, 7) is 0.386. The lowest BCUT2D eigenvalue weighted by molar-refractivity contribution is 0.0951. The predicted molar refractivity (Wildman–Crippen MR) is 84.3 cm³/mol. The molecule has 0 unspecified atom stereocenters. The fraction of sp³-hybridized carbons (Fsp3) is 0.0556. The lowest BCUT2D eigenvalue weighted by atomic mass is 10.1. The molecule has 0 fully saturated rings. The first-order valence-corrected chi connectivity index (χ1v) is 7.02. The SMILES string of the molecule is N#Cc1ccc(C(=O)NCc2ccc(-c3ccoc3)nc2)cc1. The number of nitrogens with zero attached hydrogens (tertiary/aromatic N) is 2. The Balaban J connectivity index is 1.61. The van der Waals surface area contributed by atoms with Crippen molar-refractivity contribution in [2.45, 2.75) is 6.54 Å². The van der Waals surface area contributed by atoms with Gasteiger partial charge in [-0.3, -0.25) is 9.78 Å². The Hall–Kier alpha value is -3.39. The molecule has 1 aromatic carbocycles. The minimum atomic E-state index is -0.187. The highest BCUT2D eigenvalue weighted by atomic mass is 16.3. The van der Waals surface area contributed by atoms with Crippen molar-refractivity contribution >= 4 is 5.91 Å². The minimum absolute atomic E-state index is 0.187. The van der Waals surface area contributed by atoms with E-state index in [2.05, 4.69) is 10.3 Å². The zero-order valence-corrected chi connectivity index (χ0v) is 12.2. The van der Waals surface area contributed by atoms with Gasteiger partial charge in [0.15, 0.2) is 0 Å². The van der Waals surface area contributed by atoms with E-state index in [-0.39, 0.29) is 5.91 Å². The summed E-state index contributed by atoms with van der Waals surface area (Å²) in [6.07, 6.45) is 4.96. The summed E-state index contributed by atoms with van der Waals surface area (Å²) in [7, 11) is 0. The molecule has 2 heterocycles. The van der Waals surface area contributed by atoms with Crippen LogP contribution >= 0.6 is 0 Å². The zero-order chi connectivity index (χ0) is 16.1. The highest BCUT2D eigenvalue weighted by Gasteiger charge is 2.06. The lowest BCUT2D eigenvalue weighted by Gasteiger charge is -2.06. The third kappa shape index (κ3) is 3.44. The number of carbonyl (C=O) groups is 1. The quantitative estimate of drug-likeness (QED) is 0.803. The third-order valence-corrected chi connectivity index (χ3v) is 3.37. The molecule has 2 aromatic heterocycles. The maximum atomic E-state index is 12.0. The largest absolute Gasteiger partial charge is 0.472 e. The van der Waals surface area contributed by atoms with Gasteiger partial charge in [-0.1, -0.05) is 6.07 Å². The summed E-state index contributed by atoms with van der Waals surface area (Å²) in [4.78, 5) is 16.4. The van der Waals surface area contributed by atoms with Gasteiger partial charge >= 0.3 is 0 Å². The summed E-state index contributed by atoms with van der Waals surface area (Å²) in [5, 5.41) is 11.6. The second kappa shape index (κ2) is 6.58. The van der Waals surface area contributed by atoms with E-state index in [1.165, 1.54) is 0 Å². The van der Waals surface area contributed by atoms with Gasteiger partial charge < -0.3 is 9.73 Å². The molecule has 0 aliphatic heterocycles. The first-order chi connectivity index (χ1) is 11.3. The molecule has 0 spiro atoms. The molecule has 0 radical (unpaired) electrons. The number of nitriles is 1. The summed E-state index contributed by atoms with van der Waals surface area (Å²) in [6, 6.07) is 14.2. The smallest absolute Gasteiger partial charge is 0.251 e. The molecule has 0 bridgehead atoms. The number of benzene rings is 1. The van der Waals surface area contributed by atoms with E-state index in [9.17, 15) is 4.79 Å². The Labute approximate surface area is 133 Å². The number of furan rings is 1. The van der Waals surface area contributed by atoms with Gasteiger partial charge in [-0.05, 0) is 42.0 Å². The van der Waals surface area contributed by atoms with Crippen LogP contribution in [-0.4, -0.2) is 10.9 Å². The Kier molecular flexibility index (Phi) is 4.16. The second-order valence-electron chi connectivity index (χ2n) is 4.94. The Morgan fingerprint density at radius 2 is 2.00 bits per heavy atom. The van der Waals surface area contributed by atoms with Crippen LogP contribution in [0.1, 0.15) is 21.5 Å². The molecule has 0 aliphatic rings. The molecule has 0 aliphatic carbocycles. The van der Waals surface area contributed by atoms with Gasteiger partial charge in [-0.25, -0.2) is 0 Å². The average molecular weight is 303 g/mol. The van der Waals surface area contributed by atoms with Crippen molar-refractivity contribution < 1.29 is 9.21 Å². The minimum Gasteiger partial charge on any atom is -0.472 e. The Bertz CT molecular complexity index is 829. The number of amides is 1. The molecule has 1 N–H and O–H groups in total. The van der Waals surface area contributed by atoms with E-state index in [1.54, 1.807) is 43.0 Å². The van der Waals surface area contributed by atoms with Crippen LogP contribution in [0, 0.1) is 11.3 Å². The van der Waals surface area contributed by atoms with Gasteiger partial charge in [-0.2, -0.15) is 5.26 Å². The van der Waals surface area contributed by atoms with Crippen LogP contribution in [0.3, 0.4) is 0 Å². The molecule has 5 heteroatoms. The Morgan fingerprint density at radius 1 is 1.17 bits per heavy atom. The van der Waals surface area contributed by atoms with E-state index < -0.39 is 0 Å². The van der Waals surface area contributed by atoms with Crippen molar-refractivity contribution in [2.75, 3.05) is 0 Å². The highest BCUT2D eigenvalue weighted by Crippen LogP contribution is 2.17. The molecule has 1 amide bonds. The van der Waals surface area contributed by atoms with Gasteiger partial charge in [-0.15, -0.1) is 0 Å². The van der Waals surface area contributed by atoms with E-state index in [0.29, 0.717) is 17.7 Å². The molecule has 0 saturated heterocycles. The van der Waals surface area contributed by atoms with Crippen molar-refractivity contribution in [3.8, 4) is 17.3 Å².